The number of rotatable bonds is 4. The summed E-state index contributed by atoms with van der Waals surface area (Å²) in [6.07, 6.45) is 1.01. The fourth-order valence-electron chi connectivity index (χ4n) is 2.31. The van der Waals surface area contributed by atoms with Crippen molar-refractivity contribution >= 4 is 11.7 Å². The molecule has 1 aromatic rings. The van der Waals surface area contributed by atoms with Crippen LogP contribution in [0, 0.1) is 5.92 Å². The van der Waals surface area contributed by atoms with Crippen molar-refractivity contribution in [1.29, 1.82) is 0 Å². The van der Waals surface area contributed by atoms with E-state index in [9.17, 15) is 9.18 Å². The van der Waals surface area contributed by atoms with Crippen LogP contribution in [-0.2, 0) is 11.2 Å². The maximum Gasteiger partial charge on any atom is 0.308 e. The predicted octanol–water partition coefficient (Wildman–Crippen LogP) is 2.11. The maximum atomic E-state index is 12.2. The van der Waals surface area contributed by atoms with E-state index in [2.05, 4.69) is 0 Å². The van der Waals surface area contributed by atoms with Crippen molar-refractivity contribution < 1.29 is 14.3 Å². The second-order valence-corrected chi connectivity index (χ2v) is 4.36. The lowest BCUT2D eigenvalue weighted by Gasteiger charge is -2.34. The van der Waals surface area contributed by atoms with Gasteiger partial charge in [0.2, 0.25) is 0 Å². The quantitative estimate of drug-likeness (QED) is 0.872. The van der Waals surface area contributed by atoms with Gasteiger partial charge in [0.05, 0.1) is 12.6 Å². The summed E-state index contributed by atoms with van der Waals surface area (Å²) in [5, 5.41) is 9.11. The van der Waals surface area contributed by atoms with Crippen LogP contribution in [0.2, 0.25) is 0 Å². The number of carboxylic acid groups (broad SMARTS) is 1. The van der Waals surface area contributed by atoms with Crippen LogP contribution in [0.3, 0.4) is 0 Å². The molecule has 0 fully saturated rings. The number of carboxylic acids is 1. The lowest BCUT2D eigenvalue weighted by molar-refractivity contribution is -0.141. The highest BCUT2D eigenvalue weighted by molar-refractivity contribution is 5.73. The van der Waals surface area contributed by atoms with Crippen LogP contribution in [0.25, 0.3) is 0 Å². The van der Waals surface area contributed by atoms with Crippen LogP contribution in [0.15, 0.2) is 24.3 Å². The van der Waals surface area contributed by atoms with E-state index in [0.29, 0.717) is 25.9 Å². The minimum atomic E-state index is -0.773. The highest BCUT2D eigenvalue weighted by Gasteiger charge is 2.28. The fourth-order valence-corrected chi connectivity index (χ4v) is 2.31. The van der Waals surface area contributed by atoms with E-state index >= 15 is 0 Å². The molecule has 1 N–H and O–H groups in total. The molecule has 1 atom stereocenters. The summed E-state index contributed by atoms with van der Waals surface area (Å²) in [6.45, 7) is 0.694. The standard InChI is InChI=1S/C13H16FNO2/c14-6-3-7-15-9-11(13(16)17)8-10-4-1-2-5-12(10)15/h1-2,4-5,11H,3,6-9H2,(H,16,17). The Bertz CT molecular complexity index is 408. The second kappa shape index (κ2) is 5.17. The zero-order chi connectivity index (χ0) is 12.3. The van der Waals surface area contributed by atoms with E-state index in [1.807, 2.05) is 29.2 Å². The number of benzene rings is 1. The van der Waals surface area contributed by atoms with Crippen molar-refractivity contribution in [2.24, 2.45) is 5.92 Å². The van der Waals surface area contributed by atoms with Gasteiger partial charge in [0.1, 0.15) is 0 Å². The number of aliphatic carboxylic acids is 1. The van der Waals surface area contributed by atoms with Gasteiger partial charge in [-0.2, -0.15) is 0 Å². The molecule has 0 radical (unpaired) electrons. The smallest absolute Gasteiger partial charge is 0.308 e. The number of para-hydroxylation sites is 1. The number of nitrogens with zero attached hydrogens (tertiary/aromatic N) is 1. The van der Waals surface area contributed by atoms with E-state index in [-0.39, 0.29) is 12.6 Å². The maximum absolute atomic E-state index is 12.2. The Hall–Kier alpha value is -1.58. The van der Waals surface area contributed by atoms with Gasteiger partial charge < -0.3 is 10.0 Å². The summed E-state index contributed by atoms with van der Waals surface area (Å²) in [7, 11) is 0. The average molecular weight is 237 g/mol. The second-order valence-electron chi connectivity index (χ2n) is 4.36. The number of anilines is 1. The Labute approximate surface area is 99.9 Å². The van der Waals surface area contributed by atoms with Gasteiger partial charge in [0.15, 0.2) is 0 Å². The van der Waals surface area contributed by atoms with Gasteiger partial charge in [0.25, 0.3) is 0 Å². The van der Waals surface area contributed by atoms with Crippen LogP contribution in [0.4, 0.5) is 10.1 Å². The molecule has 3 nitrogen and oxygen atoms in total. The summed E-state index contributed by atoms with van der Waals surface area (Å²) in [5.41, 5.74) is 2.10. The predicted molar refractivity (Wildman–Crippen MR) is 64.1 cm³/mol. The van der Waals surface area contributed by atoms with E-state index in [4.69, 9.17) is 5.11 Å². The molecule has 4 heteroatoms. The van der Waals surface area contributed by atoms with Gasteiger partial charge in [0, 0.05) is 18.8 Å². The minimum absolute atomic E-state index is 0.365. The average Bonchev–Trinajstić information content (AvgIpc) is 2.35. The molecular formula is C13H16FNO2. The first-order chi connectivity index (χ1) is 8.22. The third-order valence-corrected chi connectivity index (χ3v) is 3.15. The molecule has 2 rings (SSSR count). The highest BCUT2D eigenvalue weighted by Crippen LogP contribution is 2.29. The summed E-state index contributed by atoms with van der Waals surface area (Å²) in [4.78, 5) is 13.1. The molecule has 1 aliphatic rings. The Balaban J connectivity index is 2.22. The molecule has 1 aromatic carbocycles. The van der Waals surface area contributed by atoms with Gasteiger partial charge in [-0.05, 0) is 24.5 Å². The van der Waals surface area contributed by atoms with Gasteiger partial charge in [-0.3, -0.25) is 9.18 Å². The number of fused-ring (bicyclic) bond motifs is 1. The van der Waals surface area contributed by atoms with Crippen molar-refractivity contribution in [2.75, 3.05) is 24.7 Å². The zero-order valence-electron chi connectivity index (χ0n) is 9.60. The Morgan fingerprint density at radius 2 is 2.24 bits per heavy atom. The third-order valence-electron chi connectivity index (χ3n) is 3.15. The van der Waals surface area contributed by atoms with Crippen molar-refractivity contribution in [3.8, 4) is 0 Å². The Morgan fingerprint density at radius 1 is 1.47 bits per heavy atom. The van der Waals surface area contributed by atoms with Crippen molar-refractivity contribution in [3.63, 3.8) is 0 Å². The summed E-state index contributed by atoms with van der Waals surface area (Å²) < 4.78 is 12.2. The number of carbonyl (C=O) groups is 1. The van der Waals surface area contributed by atoms with Crippen LogP contribution in [-0.4, -0.2) is 30.8 Å². The molecule has 0 bridgehead atoms. The van der Waals surface area contributed by atoms with Crippen LogP contribution in [0.5, 0.6) is 0 Å². The van der Waals surface area contributed by atoms with E-state index in [0.717, 1.165) is 11.3 Å². The SMILES string of the molecule is O=C(O)C1Cc2ccccc2N(CCCF)C1. The van der Waals surface area contributed by atoms with Crippen LogP contribution < -0.4 is 4.90 Å². The summed E-state index contributed by atoms with van der Waals surface area (Å²) in [5.74, 6) is -1.16. The van der Waals surface area contributed by atoms with E-state index in [1.54, 1.807) is 0 Å². The van der Waals surface area contributed by atoms with Crippen molar-refractivity contribution in [1.82, 2.24) is 0 Å². The molecular weight excluding hydrogens is 221 g/mol. The lowest BCUT2D eigenvalue weighted by Crippen LogP contribution is -2.39. The molecule has 0 saturated carbocycles. The third kappa shape index (κ3) is 2.57. The van der Waals surface area contributed by atoms with Crippen molar-refractivity contribution in [2.45, 2.75) is 12.8 Å². The first-order valence-corrected chi connectivity index (χ1v) is 5.84. The van der Waals surface area contributed by atoms with Gasteiger partial charge in [-0.1, -0.05) is 18.2 Å². The molecule has 0 amide bonds. The van der Waals surface area contributed by atoms with Gasteiger partial charge in [-0.15, -0.1) is 0 Å². The largest absolute Gasteiger partial charge is 0.481 e. The van der Waals surface area contributed by atoms with Gasteiger partial charge >= 0.3 is 5.97 Å². The number of halogens is 1. The van der Waals surface area contributed by atoms with E-state index in [1.165, 1.54) is 0 Å². The minimum Gasteiger partial charge on any atom is -0.481 e. The van der Waals surface area contributed by atoms with Gasteiger partial charge in [-0.25, -0.2) is 0 Å². The molecule has 1 unspecified atom stereocenters. The van der Waals surface area contributed by atoms with Crippen LogP contribution >= 0.6 is 0 Å². The molecule has 0 aliphatic carbocycles. The fraction of sp³-hybridized carbons (Fsp3) is 0.462. The molecule has 0 saturated heterocycles. The Morgan fingerprint density at radius 3 is 2.94 bits per heavy atom. The Kier molecular flexibility index (Phi) is 3.61. The van der Waals surface area contributed by atoms with Crippen LogP contribution in [0.1, 0.15) is 12.0 Å². The number of alkyl halides is 1. The lowest BCUT2D eigenvalue weighted by atomic mass is 9.92. The number of hydrogen-bond donors (Lipinski definition) is 1. The first-order valence-electron chi connectivity index (χ1n) is 5.84. The number of hydrogen-bond acceptors (Lipinski definition) is 2. The normalized spacial score (nSPS) is 18.9. The topological polar surface area (TPSA) is 40.5 Å². The first kappa shape index (κ1) is 11.9. The molecule has 0 spiro atoms. The molecule has 0 aromatic heterocycles. The van der Waals surface area contributed by atoms with Crippen molar-refractivity contribution in [3.05, 3.63) is 29.8 Å². The zero-order valence-corrected chi connectivity index (χ0v) is 9.60. The molecule has 92 valence electrons. The molecule has 1 aliphatic heterocycles. The van der Waals surface area contributed by atoms with E-state index < -0.39 is 5.97 Å². The molecule has 1 heterocycles. The highest BCUT2D eigenvalue weighted by atomic mass is 19.1. The summed E-state index contributed by atoms with van der Waals surface area (Å²) in [6, 6.07) is 7.78. The monoisotopic (exact) mass is 237 g/mol. The molecule has 17 heavy (non-hydrogen) atoms. The summed E-state index contributed by atoms with van der Waals surface area (Å²) >= 11 is 0.